The SMILES string of the molecule is O=C(OCCCO)N1CCN(C(=O)c2ccc(Oc3nccn4c(-c5conc5C(F)(F)F)cnc34)cc2O)CC1. The van der Waals surface area contributed by atoms with Gasteiger partial charge in [0.1, 0.15) is 17.8 Å². The summed E-state index contributed by atoms with van der Waals surface area (Å²) >= 11 is 0. The van der Waals surface area contributed by atoms with Crippen LogP contribution >= 0.6 is 0 Å². The number of piperazine rings is 1. The van der Waals surface area contributed by atoms with E-state index in [0.717, 1.165) is 6.26 Å². The second-order valence-corrected chi connectivity index (χ2v) is 8.90. The number of carbonyl (C=O) groups is 2. The third-order valence-electron chi connectivity index (χ3n) is 6.28. The maximum atomic E-state index is 13.3. The topological polar surface area (TPSA) is 156 Å². The fourth-order valence-electron chi connectivity index (χ4n) is 4.23. The van der Waals surface area contributed by atoms with Gasteiger partial charge in [0.15, 0.2) is 5.69 Å². The molecule has 5 rings (SSSR count). The number of halogens is 3. The molecule has 1 saturated heterocycles. The molecule has 16 heteroatoms. The van der Waals surface area contributed by atoms with Gasteiger partial charge in [0.2, 0.25) is 5.65 Å². The van der Waals surface area contributed by atoms with Crippen LogP contribution in [-0.2, 0) is 10.9 Å². The molecule has 1 aliphatic rings. The Labute approximate surface area is 229 Å². The molecule has 4 heterocycles. The summed E-state index contributed by atoms with van der Waals surface area (Å²) in [6, 6.07) is 4.00. The number of phenolic OH excluding ortho intramolecular Hbond substituents is 1. The minimum Gasteiger partial charge on any atom is -0.507 e. The molecule has 2 N–H and O–H groups in total. The predicted molar refractivity (Wildman–Crippen MR) is 132 cm³/mol. The summed E-state index contributed by atoms with van der Waals surface area (Å²) in [7, 11) is 0. The van der Waals surface area contributed by atoms with Crippen LogP contribution in [0.5, 0.6) is 17.4 Å². The number of hydrogen-bond acceptors (Lipinski definition) is 10. The van der Waals surface area contributed by atoms with Crippen molar-refractivity contribution in [2.75, 3.05) is 39.4 Å². The van der Waals surface area contributed by atoms with E-state index in [-0.39, 0.29) is 79.2 Å². The molecule has 0 bridgehead atoms. The third kappa shape index (κ3) is 5.72. The predicted octanol–water partition coefficient (Wildman–Crippen LogP) is 3.18. The van der Waals surface area contributed by atoms with E-state index in [9.17, 15) is 27.9 Å². The monoisotopic (exact) mass is 576 g/mol. The van der Waals surface area contributed by atoms with E-state index < -0.39 is 23.9 Å². The molecule has 1 aliphatic heterocycles. The lowest BCUT2D eigenvalue weighted by Gasteiger charge is -2.34. The molecule has 1 aromatic carbocycles. The van der Waals surface area contributed by atoms with Gasteiger partial charge in [-0.2, -0.15) is 13.2 Å². The summed E-state index contributed by atoms with van der Waals surface area (Å²) in [5.74, 6) is -0.784. The third-order valence-corrected chi connectivity index (χ3v) is 6.28. The van der Waals surface area contributed by atoms with Gasteiger partial charge in [-0.05, 0) is 12.1 Å². The molecular weight excluding hydrogens is 553 g/mol. The standard InChI is InChI=1S/C25H23F3N6O7/c26-25(27,28)20-17(14-40-31-20)18-13-30-21-22(29-4-5-34(18)21)41-15-2-3-16(19(36)12-15)23(37)32-6-8-33(9-7-32)24(38)39-11-1-10-35/h2-5,12-14,35-36H,1,6-11H2. The summed E-state index contributed by atoms with van der Waals surface area (Å²) in [6.45, 7) is 0.947. The fourth-order valence-corrected chi connectivity index (χ4v) is 4.23. The lowest BCUT2D eigenvalue weighted by Crippen LogP contribution is -2.50. The van der Waals surface area contributed by atoms with Gasteiger partial charge in [-0.1, -0.05) is 5.16 Å². The van der Waals surface area contributed by atoms with Crippen LogP contribution in [0.25, 0.3) is 16.9 Å². The molecule has 0 atom stereocenters. The molecule has 3 aromatic heterocycles. The van der Waals surface area contributed by atoms with Gasteiger partial charge in [0, 0.05) is 57.7 Å². The van der Waals surface area contributed by atoms with E-state index in [1.54, 1.807) is 0 Å². The van der Waals surface area contributed by atoms with Crippen LogP contribution in [0.15, 0.2) is 47.6 Å². The van der Waals surface area contributed by atoms with E-state index in [1.807, 2.05) is 0 Å². The Morgan fingerprint density at radius 2 is 1.85 bits per heavy atom. The fraction of sp³-hybridized carbons (Fsp3) is 0.320. The number of aromatic hydroxyl groups is 1. The number of aromatic nitrogens is 4. The number of phenols is 1. The molecule has 0 saturated carbocycles. The van der Waals surface area contributed by atoms with Gasteiger partial charge >= 0.3 is 12.3 Å². The van der Waals surface area contributed by atoms with Crippen molar-refractivity contribution >= 4 is 17.6 Å². The van der Waals surface area contributed by atoms with Crippen LogP contribution in [0, 0.1) is 0 Å². The first-order chi connectivity index (χ1) is 19.7. The average Bonchev–Trinajstić information content (AvgIpc) is 3.61. The number of nitrogens with zero attached hydrogens (tertiary/aromatic N) is 6. The van der Waals surface area contributed by atoms with Crippen molar-refractivity contribution in [3.05, 3.63) is 54.3 Å². The molecule has 4 aromatic rings. The first-order valence-electron chi connectivity index (χ1n) is 12.3. The number of rotatable bonds is 7. The van der Waals surface area contributed by atoms with Crippen molar-refractivity contribution in [2.24, 2.45) is 0 Å². The minimum absolute atomic E-state index is 0.0118. The Balaban J connectivity index is 1.28. The zero-order valence-corrected chi connectivity index (χ0v) is 21.2. The number of imidazole rings is 1. The normalized spacial score (nSPS) is 14.0. The number of alkyl halides is 3. The van der Waals surface area contributed by atoms with Crippen LogP contribution in [-0.4, -0.2) is 90.9 Å². The Morgan fingerprint density at radius 1 is 1.10 bits per heavy atom. The number of carbonyl (C=O) groups excluding carboxylic acids is 2. The van der Waals surface area contributed by atoms with Gasteiger partial charge in [-0.15, -0.1) is 0 Å². The number of aliphatic hydroxyl groups excluding tert-OH is 1. The Kier molecular flexibility index (Phi) is 7.65. The molecule has 216 valence electrons. The lowest BCUT2D eigenvalue weighted by atomic mass is 10.1. The highest BCUT2D eigenvalue weighted by atomic mass is 19.4. The molecule has 0 radical (unpaired) electrons. The van der Waals surface area contributed by atoms with Crippen molar-refractivity contribution in [3.8, 4) is 28.6 Å². The molecule has 0 unspecified atom stereocenters. The van der Waals surface area contributed by atoms with Crippen LogP contribution in [0.2, 0.25) is 0 Å². The van der Waals surface area contributed by atoms with E-state index in [1.165, 1.54) is 51.0 Å². The van der Waals surface area contributed by atoms with Crippen molar-refractivity contribution in [2.45, 2.75) is 12.6 Å². The summed E-state index contributed by atoms with van der Waals surface area (Å²) in [5, 5.41) is 22.4. The second kappa shape index (κ2) is 11.3. The first kappa shape index (κ1) is 27.7. The number of amides is 2. The minimum atomic E-state index is -4.74. The molecular formula is C25H23F3N6O7. The largest absolute Gasteiger partial charge is 0.507 e. The summed E-state index contributed by atoms with van der Waals surface area (Å²) in [6.07, 6.45) is -0.172. The Bertz CT molecular complexity index is 1560. The van der Waals surface area contributed by atoms with Crippen LogP contribution in [0.1, 0.15) is 22.5 Å². The highest BCUT2D eigenvalue weighted by Crippen LogP contribution is 2.37. The zero-order valence-electron chi connectivity index (χ0n) is 21.2. The molecule has 0 spiro atoms. The number of fused-ring (bicyclic) bond motifs is 1. The molecule has 13 nitrogen and oxygen atoms in total. The molecule has 0 aliphatic carbocycles. The molecule has 1 fully saturated rings. The Hall–Kier alpha value is -4.86. The maximum absolute atomic E-state index is 13.3. The van der Waals surface area contributed by atoms with E-state index in [4.69, 9.17) is 14.6 Å². The summed E-state index contributed by atoms with van der Waals surface area (Å²) in [4.78, 5) is 36.2. The summed E-state index contributed by atoms with van der Waals surface area (Å²) in [5.41, 5.74) is -1.38. The van der Waals surface area contributed by atoms with Gasteiger partial charge in [0.05, 0.1) is 29.6 Å². The van der Waals surface area contributed by atoms with Crippen molar-refractivity contribution in [1.82, 2.24) is 29.3 Å². The van der Waals surface area contributed by atoms with Gasteiger partial charge in [-0.25, -0.2) is 14.8 Å². The van der Waals surface area contributed by atoms with Crippen molar-refractivity contribution in [1.29, 1.82) is 0 Å². The lowest BCUT2D eigenvalue weighted by molar-refractivity contribution is -0.142. The molecule has 2 amide bonds. The quantitative estimate of drug-likeness (QED) is 0.313. The average molecular weight is 576 g/mol. The first-order valence-corrected chi connectivity index (χ1v) is 12.3. The number of hydrogen-bond donors (Lipinski definition) is 2. The van der Waals surface area contributed by atoms with Crippen molar-refractivity contribution < 1.29 is 47.0 Å². The highest BCUT2D eigenvalue weighted by Gasteiger charge is 2.38. The van der Waals surface area contributed by atoms with Gasteiger partial charge in [-0.3, -0.25) is 9.20 Å². The number of ether oxygens (including phenoxy) is 2. The van der Waals surface area contributed by atoms with Crippen LogP contribution in [0.4, 0.5) is 18.0 Å². The van der Waals surface area contributed by atoms with E-state index in [2.05, 4.69) is 19.6 Å². The van der Waals surface area contributed by atoms with E-state index >= 15 is 0 Å². The number of aliphatic hydroxyl groups is 1. The number of benzene rings is 1. The maximum Gasteiger partial charge on any atom is 0.437 e. The van der Waals surface area contributed by atoms with Crippen molar-refractivity contribution in [3.63, 3.8) is 0 Å². The second-order valence-electron chi connectivity index (χ2n) is 8.90. The molecule has 41 heavy (non-hydrogen) atoms. The summed E-state index contributed by atoms with van der Waals surface area (Å²) < 4.78 is 56.6. The van der Waals surface area contributed by atoms with Crippen LogP contribution in [0.3, 0.4) is 0 Å². The highest BCUT2D eigenvalue weighted by molar-refractivity contribution is 5.97. The van der Waals surface area contributed by atoms with Crippen LogP contribution < -0.4 is 4.74 Å². The van der Waals surface area contributed by atoms with E-state index in [0.29, 0.717) is 6.42 Å². The zero-order chi connectivity index (χ0) is 29.1. The Morgan fingerprint density at radius 3 is 2.56 bits per heavy atom. The van der Waals surface area contributed by atoms with Gasteiger partial charge in [0.25, 0.3) is 11.8 Å². The smallest absolute Gasteiger partial charge is 0.437 e. The van der Waals surface area contributed by atoms with Gasteiger partial charge < -0.3 is 34.0 Å².